The molecule has 1 N–H and O–H groups in total. The van der Waals surface area contributed by atoms with Crippen LogP contribution in [0, 0.1) is 0 Å². The summed E-state index contributed by atoms with van der Waals surface area (Å²) in [7, 11) is 0. The zero-order chi connectivity index (χ0) is 13.3. The number of aliphatic hydroxyl groups is 1. The van der Waals surface area contributed by atoms with E-state index in [9.17, 15) is 5.11 Å². The van der Waals surface area contributed by atoms with Crippen LogP contribution in [0.25, 0.3) is 0 Å². The van der Waals surface area contributed by atoms with E-state index < -0.39 is 5.79 Å². The first-order chi connectivity index (χ1) is 9.24. The number of halogens is 1. The van der Waals surface area contributed by atoms with Crippen LogP contribution < -0.4 is 0 Å². The van der Waals surface area contributed by atoms with E-state index in [1.54, 1.807) is 0 Å². The fourth-order valence-electron chi connectivity index (χ4n) is 3.13. The molecule has 3 nitrogen and oxygen atoms in total. The van der Waals surface area contributed by atoms with E-state index in [0.717, 1.165) is 31.2 Å². The molecule has 1 spiro atoms. The van der Waals surface area contributed by atoms with E-state index in [2.05, 4.69) is 0 Å². The van der Waals surface area contributed by atoms with Crippen molar-refractivity contribution in [2.45, 2.75) is 50.1 Å². The van der Waals surface area contributed by atoms with E-state index in [0.29, 0.717) is 11.4 Å². The first kappa shape index (κ1) is 13.4. The second-order valence-corrected chi connectivity index (χ2v) is 5.75. The fourth-order valence-corrected chi connectivity index (χ4v) is 3.37. The van der Waals surface area contributed by atoms with Crippen molar-refractivity contribution in [1.82, 2.24) is 0 Å². The minimum atomic E-state index is -0.441. The lowest BCUT2D eigenvalue weighted by molar-refractivity contribution is -0.170. The molecular weight excluding hydrogens is 264 g/mol. The molecule has 0 amide bonds. The Labute approximate surface area is 118 Å². The molecule has 0 unspecified atom stereocenters. The van der Waals surface area contributed by atoms with Gasteiger partial charge in [0, 0.05) is 30.0 Å². The SMILES string of the molecule is OCC[C@@H]1OC2(CCCC2)O[C@H]1c1ccccc1Cl. The van der Waals surface area contributed by atoms with Gasteiger partial charge in [-0.3, -0.25) is 0 Å². The van der Waals surface area contributed by atoms with Gasteiger partial charge in [-0.2, -0.15) is 0 Å². The predicted octanol–water partition coefficient (Wildman–Crippen LogP) is 3.45. The number of hydrogen-bond donors (Lipinski definition) is 1. The predicted molar refractivity (Wildman–Crippen MR) is 73.1 cm³/mol. The number of ether oxygens (including phenoxy) is 2. The molecule has 1 aromatic rings. The van der Waals surface area contributed by atoms with Gasteiger partial charge in [-0.15, -0.1) is 0 Å². The minimum absolute atomic E-state index is 0.102. The van der Waals surface area contributed by atoms with Gasteiger partial charge in [0.15, 0.2) is 5.79 Å². The summed E-state index contributed by atoms with van der Waals surface area (Å²) in [5, 5.41) is 9.93. The maximum atomic E-state index is 9.22. The zero-order valence-corrected chi connectivity index (χ0v) is 11.6. The highest BCUT2D eigenvalue weighted by molar-refractivity contribution is 6.31. The average molecular weight is 283 g/mol. The van der Waals surface area contributed by atoms with Crippen LogP contribution in [0.1, 0.15) is 43.8 Å². The normalized spacial score (nSPS) is 29.2. The third kappa shape index (κ3) is 2.52. The van der Waals surface area contributed by atoms with Crippen LogP contribution in [0.2, 0.25) is 5.02 Å². The molecule has 0 radical (unpaired) electrons. The van der Waals surface area contributed by atoms with Crippen LogP contribution in [0.5, 0.6) is 0 Å². The monoisotopic (exact) mass is 282 g/mol. The van der Waals surface area contributed by atoms with Crippen LogP contribution >= 0.6 is 11.6 Å². The summed E-state index contributed by atoms with van der Waals surface area (Å²) in [5.41, 5.74) is 0.964. The Morgan fingerprint density at radius 2 is 1.95 bits per heavy atom. The summed E-state index contributed by atoms with van der Waals surface area (Å²) in [6, 6.07) is 7.72. The fraction of sp³-hybridized carbons (Fsp3) is 0.600. The third-order valence-electron chi connectivity index (χ3n) is 4.04. The van der Waals surface area contributed by atoms with Crippen LogP contribution in [-0.4, -0.2) is 23.6 Å². The molecule has 1 saturated carbocycles. The number of hydrogen-bond acceptors (Lipinski definition) is 3. The van der Waals surface area contributed by atoms with Crippen LogP contribution in [0.4, 0.5) is 0 Å². The lowest BCUT2D eigenvalue weighted by Gasteiger charge is -2.22. The maximum absolute atomic E-state index is 9.22. The first-order valence-electron chi connectivity index (χ1n) is 6.95. The zero-order valence-electron chi connectivity index (χ0n) is 10.8. The van der Waals surface area contributed by atoms with Gasteiger partial charge in [-0.1, -0.05) is 29.8 Å². The average Bonchev–Trinajstić information content (AvgIpc) is 2.99. The summed E-state index contributed by atoms with van der Waals surface area (Å²) in [5.74, 6) is -0.441. The van der Waals surface area contributed by atoms with Crippen molar-refractivity contribution in [2.24, 2.45) is 0 Å². The Morgan fingerprint density at radius 3 is 2.63 bits per heavy atom. The van der Waals surface area contributed by atoms with Gasteiger partial charge in [-0.05, 0) is 25.3 Å². The van der Waals surface area contributed by atoms with E-state index in [1.165, 1.54) is 0 Å². The molecule has 19 heavy (non-hydrogen) atoms. The number of benzene rings is 1. The molecule has 1 saturated heterocycles. The Morgan fingerprint density at radius 1 is 1.21 bits per heavy atom. The van der Waals surface area contributed by atoms with Gasteiger partial charge in [-0.25, -0.2) is 0 Å². The van der Waals surface area contributed by atoms with Crippen molar-refractivity contribution in [2.75, 3.05) is 6.61 Å². The highest BCUT2D eigenvalue weighted by atomic mass is 35.5. The quantitative estimate of drug-likeness (QED) is 0.923. The van der Waals surface area contributed by atoms with Crippen molar-refractivity contribution in [3.05, 3.63) is 34.9 Å². The Kier molecular flexibility index (Phi) is 3.81. The van der Waals surface area contributed by atoms with Gasteiger partial charge in [0.2, 0.25) is 0 Å². The molecular formula is C15H19ClO3. The topological polar surface area (TPSA) is 38.7 Å². The molecule has 0 bridgehead atoms. The van der Waals surface area contributed by atoms with Gasteiger partial charge >= 0.3 is 0 Å². The first-order valence-corrected chi connectivity index (χ1v) is 7.33. The van der Waals surface area contributed by atoms with Crippen molar-refractivity contribution in [3.63, 3.8) is 0 Å². The van der Waals surface area contributed by atoms with Crippen molar-refractivity contribution in [1.29, 1.82) is 0 Å². The molecule has 2 fully saturated rings. The molecule has 1 heterocycles. The molecule has 2 aliphatic rings. The van der Waals surface area contributed by atoms with E-state index in [-0.39, 0.29) is 18.8 Å². The molecule has 0 aromatic heterocycles. The smallest absolute Gasteiger partial charge is 0.169 e. The van der Waals surface area contributed by atoms with Crippen molar-refractivity contribution >= 4 is 11.6 Å². The van der Waals surface area contributed by atoms with Gasteiger partial charge in [0.25, 0.3) is 0 Å². The summed E-state index contributed by atoms with van der Waals surface area (Å²) < 4.78 is 12.4. The Balaban J connectivity index is 1.88. The summed E-state index contributed by atoms with van der Waals surface area (Å²) in [4.78, 5) is 0. The second-order valence-electron chi connectivity index (χ2n) is 5.35. The van der Waals surface area contributed by atoms with Gasteiger partial charge in [0.05, 0.1) is 6.10 Å². The van der Waals surface area contributed by atoms with Crippen LogP contribution in [0.15, 0.2) is 24.3 Å². The van der Waals surface area contributed by atoms with Crippen molar-refractivity contribution < 1.29 is 14.6 Å². The van der Waals surface area contributed by atoms with Gasteiger partial charge in [0.1, 0.15) is 6.10 Å². The van der Waals surface area contributed by atoms with E-state index in [4.69, 9.17) is 21.1 Å². The largest absolute Gasteiger partial charge is 0.396 e. The number of aliphatic hydroxyl groups excluding tert-OH is 1. The van der Waals surface area contributed by atoms with E-state index >= 15 is 0 Å². The molecule has 1 aliphatic heterocycles. The van der Waals surface area contributed by atoms with E-state index in [1.807, 2.05) is 24.3 Å². The molecule has 4 heteroatoms. The Bertz CT molecular complexity index is 443. The lowest BCUT2D eigenvalue weighted by atomic mass is 10.0. The molecule has 1 aromatic carbocycles. The minimum Gasteiger partial charge on any atom is -0.396 e. The summed E-state index contributed by atoms with van der Waals surface area (Å²) in [6.07, 6.45) is 4.47. The number of rotatable bonds is 3. The highest BCUT2D eigenvalue weighted by Crippen LogP contribution is 2.48. The lowest BCUT2D eigenvalue weighted by Crippen LogP contribution is -2.26. The molecule has 3 rings (SSSR count). The summed E-state index contributed by atoms with van der Waals surface area (Å²) >= 11 is 6.27. The van der Waals surface area contributed by atoms with Crippen LogP contribution in [-0.2, 0) is 9.47 Å². The molecule has 1 aliphatic carbocycles. The summed E-state index contributed by atoms with van der Waals surface area (Å²) in [6.45, 7) is 0.102. The Hall–Kier alpha value is -0.610. The van der Waals surface area contributed by atoms with Gasteiger partial charge < -0.3 is 14.6 Å². The second kappa shape index (κ2) is 5.41. The standard InChI is InChI=1S/C15H19ClO3/c16-12-6-2-1-5-11(12)14-13(7-10-17)18-15(19-14)8-3-4-9-15/h1-2,5-6,13-14,17H,3-4,7-10H2/t13-,14-/m0/s1. The third-order valence-corrected chi connectivity index (χ3v) is 4.38. The molecule has 104 valence electrons. The van der Waals surface area contributed by atoms with Crippen LogP contribution in [0.3, 0.4) is 0 Å². The maximum Gasteiger partial charge on any atom is 0.169 e. The highest BCUT2D eigenvalue weighted by Gasteiger charge is 2.49. The molecule has 2 atom stereocenters. The van der Waals surface area contributed by atoms with Crippen molar-refractivity contribution in [3.8, 4) is 0 Å².